The Labute approximate surface area is 173 Å². The van der Waals surface area contributed by atoms with E-state index in [9.17, 15) is 26.4 Å². The van der Waals surface area contributed by atoms with Crippen LogP contribution in [0.5, 0.6) is 5.75 Å². The van der Waals surface area contributed by atoms with Gasteiger partial charge >= 0.3 is 6.18 Å². The number of halogens is 3. The highest BCUT2D eigenvalue weighted by Gasteiger charge is 2.29. The Morgan fingerprint density at radius 2 is 1.63 bits per heavy atom. The molecule has 0 heterocycles. The van der Waals surface area contributed by atoms with E-state index < -0.39 is 34.8 Å². The summed E-state index contributed by atoms with van der Waals surface area (Å²) >= 11 is 0. The molecule has 164 valence electrons. The van der Waals surface area contributed by atoms with Crippen LogP contribution in [0, 0.1) is 5.92 Å². The van der Waals surface area contributed by atoms with Crippen LogP contribution in [0.2, 0.25) is 0 Å². The number of carbonyl (C=O) groups is 1. The highest BCUT2D eigenvalue weighted by atomic mass is 32.2. The van der Waals surface area contributed by atoms with Crippen LogP contribution in [0.15, 0.2) is 59.5 Å². The number of benzene rings is 2. The van der Waals surface area contributed by atoms with E-state index in [4.69, 9.17) is 0 Å². The van der Waals surface area contributed by atoms with E-state index in [-0.39, 0.29) is 23.1 Å². The molecule has 0 aromatic heterocycles. The van der Waals surface area contributed by atoms with Crippen molar-refractivity contribution in [3.8, 4) is 5.75 Å². The zero-order valence-corrected chi connectivity index (χ0v) is 17.3. The fraction of sp³-hybridized carbons (Fsp3) is 0.350. The third kappa shape index (κ3) is 7.34. The molecule has 2 N–H and O–H groups in total. The summed E-state index contributed by atoms with van der Waals surface area (Å²) in [5.74, 6) is -0.776. The fourth-order valence-electron chi connectivity index (χ4n) is 2.50. The summed E-state index contributed by atoms with van der Waals surface area (Å²) in [5, 5.41) is 2.64. The van der Waals surface area contributed by atoms with Crippen molar-refractivity contribution in [1.82, 2.24) is 10.0 Å². The van der Waals surface area contributed by atoms with Crippen LogP contribution >= 0.6 is 0 Å². The first-order valence-corrected chi connectivity index (χ1v) is 10.6. The van der Waals surface area contributed by atoms with E-state index in [0.717, 1.165) is 0 Å². The second-order valence-corrected chi connectivity index (χ2v) is 8.64. The van der Waals surface area contributed by atoms with E-state index in [1.165, 1.54) is 36.4 Å². The van der Waals surface area contributed by atoms with Crippen molar-refractivity contribution >= 4 is 15.9 Å². The first-order valence-electron chi connectivity index (χ1n) is 9.11. The number of sulfonamides is 1. The van der Waals surface area contributed by atoms with Gasteiger partial charge in [-0.1, -0.05) is 44.2 Å². The van der Waals surface area contributed by atoms with E-state index in [1.54, 1.807) is 32.0 Å². The van der Waals surface area contributed by atoms with Crippen molar-refractivity contribution in [3.63, 3.8) is 0 Å². The molecule has 0 radical (unpaired) electrons. The maximum Gasteiger partial charge on any atom is 0.422 e. The molecule has 0 fully saturated rings. The lowest BCUT2D eigenvalue weighted by Gasteiger charge is -2.21. The molecule has 0 aliphatic heterocycles. The highest BCUT2D eigenvalue weighted by molar-refractivity contribution is 7.89. The van der Waals surface area contributed by atoms with Gasteiger partial charge in [-0.25, -0.2) is 8.42 Å². The molecule has 0 aliphatic carbocycles. The van der Waals surface area contributed by atoms with Crippen LogP contribution in [-0.4, -0.2) is 33.1 Å². The van der Waals surface area contributed by atoms with Gasteiger partial charge in [-0.3, -0.25) is 4.79 Å². The fourth-order valence-corrected chi connectivity index (χ4v) is 3.86. The van der Waals surface area contributed by atoms with Gasteiger partial charge in [-0.2, -0.15) is 17.9 Å². The molecular formula is C20H23F3N2O4S. The third-order valence-corrected chi connectivity index (χ3v) is 5.53. The third-order valence-electron chi connectivity index (χ3n) is 4.08. The Kier molecular flexibility index (Phi) is 7.85. The average molecular weight is 444 g/mol. The van der Waals surface area contributed by atoms with Crippen molar-refractivity contribution in [1.29, 1.82) is 0 Å². The van der Waals surface area contributed by atoms with E-state index in [2.05, 4.69) is 14.8 Å². The molecule has 10 heteroatoms. The summed E-state index contributed by atoms with van der Waals surface area (Å²) < 4.78 is 68.6. The number of rotatable bonds is 9. The van der Waals surface area contributed by atoms with Gasteiger partial charge in [0.1, 0.15) is 11.8 Å². The Balaban J connectivity index is 1.97. The van der Waals surface area contributed by atoms with Gasteiger partial charge in [0.15, 0.2) is 6.61 Å². The molecule has 6 nitrogen and oxygen atoms in total. The molecule has 0 saturated heterocycles. The molecule has 2 rings (SSSR count). The SMILES string of the molecule is CC(C)[C@H](NS(=O)(=O)c1ccccc1)C(=O)NCc1ccc(OCC(F)(F)F)cc1. The maximum absolute atomic E-state index is 12.6. The molecule has 1 amide bonds. The predicted octanol–water partition coefficient (Wildman–Crippen LogP) is 3.25. The minimum Gasteiger partial charge on any atom is -0.484 e. The lowest BCUT2D eigenvalue weighted by Crippen LogP contribution is -2.49. The van der Waals surface area contributed by atoms with E-state index >= 15 is 0 Å². The van der Waals surface area contributed by atoms with Crippen LogP contribution in [0.4, 0.5) is 13.2 Å². The second-order valence-electron chi connectivity index (χ2n) is 6.92. The zero-order valence-electron chi connectivity index (χ0n) is 16.4. The molecule has 0 bridgehead atoms. The lowest BCUT2D eigenvalue weighted by molar-refractivity contribution is -0.153. The maximum atomic E-state index is 12.6. The molecule has 2 aromatic carbocycles. The molecule has 2 aromatic rings. The smallest absolute Gasteiger partial charge is 0.422 e. The van der Waals surface area contributed by atoms with Crippen LogP contribution in [0.1, 0.15) is 19.4 Å². The van der Waals surface area contributed by atoms with Gasteiger partial charge in [0, 0.05) is 6.54 Å². The van der Waals surface area contributed by atoms with Crippen LogP contribution < -0.4 is 14.8 Å². The highest BCUT2D eigenvalue weighted by Crippen LogP contribution is 2.19. The largest absolute Gasteiger partial charge is 0.484 e. The van der Waals surface area contributed by atoms with Crippen molar-refractivity contribution in [2.45, 2.75) is 37.5 Å². The Morgan fingerprint density at radius 3 is 2.17 bits per heavy atom. The van der Waals surface area contributed by atoms with Crippen molar-refractivity contribution in [2.75, 3.05) is 6.61 Å². The lowest BCUT2D eigenvalue weighted by atomic mass is 10.0. The summed E-state index contributed by atoms with van der Waals surface area (Å²) in [5.41, 5.74) is 0.621. The normalized spacial score (nSPS) is 13.1. The minimum atomic E-state index is -4.43. The van der Waals surface area contributed by atoms with Gasteiger partial charge in [-0.15, -0.1) is 0 Å². The molecular weight excluding hydrogens is 421 g/mol. The molecule has 0 aliphatic rings. The molecule has 0 spiro atoms. The first-order chi connectivity index (χ1) is 14.0. The van der Waals surface area contributed by atoms with Crippen molar-refractivity contribution < 1.29 is 31.1 Å². The molecule has 0 saturated carbocycles. The topological polar surface area (TPSA) is 84.5 Å². The first kappa shape index (κ1) is 23.7. The summed E-state index contributed by atoms with van der Waals surface area (Å²) in [6, 6.07) is 12.5. The molecule has 30 heavy (non-hydrogen) atoms. The van der Waals surface area contributed by atoms with Crippen molar-refractivity contribution in [2.24, 2.45) is 5.92 Å². The van der Waals surface area contributed by atoms with Gasteiger partial charge in [0.25, 0.3) is 0 Å². The second kappa shape index (κ2) is 9.94. The number of ether oxygens (including phenoxy) is 1. The zero-order chi connectivity index (χ0) is 22.4. The van der Waals surface area contributed by atoms with Crippen LogP contribution in [0.3, 0.4) is 0 Å². The van der Waals surface area contributed by atoms with Crippen molar-refractivity contribution in [3.05, 3.63) is 60.2 Å². The monoisotopic (exact) mass is 444 g/mol. The predicted molar refractivity (Wildman–Crippen MR) is 105 cm³/mol. The minimum absolute atomic E-state index is 0.0536. The summed E-state index contributed by atoms with van der Waals surface area (Å²) in [6.07, 6.45) is -4.43. The van der Waals surface area contributed by atoms with Crippen LogP contribution in [0.25, 0.3) is 0 Å². The summed E-state index contributed by atoms with van der Waals surface area (Å²) in [6.45, 7) is 2.12. The average Bonchev–Trinajstić information content (AvgIpc) is 2.69. The number of hydrogen-bond acceptors (Lipinski definition) is 4. The quantitative estimate of drug-likeness (QED) is 0.622. The number of amides is 1. The van der Waals surface area contributed by atoms with Crippen LogP contribution in [-0.2, 0) is 21.4 Å². The number of carbonyl (C=O) groups excluding carboxylic acids is 1. The Morgan fingerprint density at radius 1 is 1.03 bits per heavy atom. The van der Waals surface area contributed by atoms with E-state index in [0.29, 0.717) is 5.56 Å². The molecule has 0 unspecified atom stereocenters. The van der Waals surface area contributed by atoms with Gasteiger partial charge in [-0.05, 0) is 35.7 Å². The van der Waals surface area contributed by atoms with Gasteiger partial charge < -0.3 is 10.1 Å². The van der Waals surface area contributed by atoms with Gasteiger partial charge in [0.2, 0.25) is 15.9 Å². The number of alkyl halides is 3. The summed E-state index contributed by atoms with van der Waals surface area (Å²) in [7, 11) is -3.88. The Hall–Kier alpha value is -2.59. The number of nitrogens with one attached hydrogen (secondary N) is 2. The standard InChI is InChI=1S/C20H23F3N2O4S/c1-14(2)18(25-30(27,28)17-6-4-3-5-7-17)19(26)24-12-15-8-10-16(11-9-15)29-13-20(21,22)23/h3-11,14,18,25H,12-13H2,1-2H3,(H,24,26)/t18-/m0/s1. The molecule has 1 atom stereocenters. The number of hydrogen-bond donors (Lipinski definition) is 2. The van der Waals surface area contributed by atoms with E-state index in [1.807, 2.05) is 0 Å². The van der Waals surface area contributed by atoms with Gasteiger partial charge in [0.05, 0.1) is 4.90 Å². The summed E-state index contributed by atoms with van der Waals surface area (Å²) in [4.78, 5) is 12.6. The Bertz CT molecular complexity index is 931.